The summed E-state index contributed by atoms with van der Waals surface area (Å²) in [6.45, 7) is 5.73. The molecule has 1 atom stereocenters. The maximum Gasteiger partial charge on any atom is 0.00645 e. The Balaban J connectivity index is 1.98. The van der Waals surface area contributed by atoms with Gasteiger partial charge in [-0.3, -0.25) is 0 Å². The van der Waals surface area contributed by atoms with E-state index in [0.717, 1.165) is 12.0 Å². The molecule has 1 saturated carbocycles. The monoisotopic (exact) mass is 169 g/mol. The highest BCUT2D eigenvalue weighted by molar-refractivity contribution is 4.76. The lowest BCUT2D eigenvalue weighted by molar-refractivity contribution is 0.444. The summed E-state index contributed by atoms with van der Waals surface area (Å²) < 4.78 is 0. The fourth-order valence-corrected chi connectivity index (χ4v) is 1.64. The minimum atomic E-state index is 0.797. The van der Waals surface area contributed by atoms with Crippen molar-refractivity contribution in [2.45, 2.75) is 58.4 Å². The largest absolute Gasteiger partial charge is 0.314 e. The normalized spacial score (nSPS) is 19.5. The van der Waals surface area contributed by atoms with E-state index in [0.29, 0.717) is 0 Å². The van der Waals surface area contributed by atoms with Gasteiger partial charge >= 0.3 is 0 Å². The predicted octanol–water partition coefficient (Wildman–Crippen LogP) is 2.95. The van der Waals surface area contributed by atoms with E-state index in [-0.39, 0.29) is 0 Å². The lowest BCUT2D eigenvalue weighted by Gasteiger charge is -2.15. The van der Waals surface area contributed by atoms with Crippen LogP contribution in [0.15, 0.2) is 0 Å². The molecule has 0 bridgehead atoms. The smallest absolute Gasteiger partial charge is 0.00645 e. The Kier molecular flexibility index (Phi) is 4.67. The first kappa shape index (κ1) is 10.0. The van der Waals surface area contributed by atoms with Gasteiger partial charge in [-0.15, -0.1) is 0 Å². The molecule has 0 amide bonds. The Morgan fingerprint density at radius 1 is 1.33 bits per heavy atom. The van der Waals surface area contributed by atoms with Crippen LogP contribution in [0, 0.1) is 5.92 Å². The third kappa shape index (κ3) is 4.10. The van der Waals surface area contributed by atoms with Crippen molar-refractivity contribution in [1.29, 1.82) is 0 Å². The van der Waals surface area contributed by atoms with Gasteiger partial charge in [-0.25, -0.2) is 0 Å². The molecule has 1 fully saturated rings. The molecule has 0 radical (unpaired) electrons. The van der Waals surface area contributed by atoms with Crippen molar-refractivity contribution >= 4 is 0 Å². The molecule has 0 aromatic rings. The van der Waals surface area contributed by atoms with Crippen LogP contribution in [-0.2, 0) is 0 Å². The summed E-state index contributed by atoms with van der Waals surface area (Å²) in [5, 5.41) is 3.60. The van der Waals surface area contributed by atoms with Gasteiger partial charge in [0.05, 0.1) is 0 Å². The summed E-state index contributed by atoms with van der Waals surface area (Å²) in [4.78, 5) is 0. The maximum atomic E-state index is 3.60. The van der Waals surface area contributed by atoms with Gasteiger partial charge in [0.1, 0.15) is 0 Å². The third-order valence-electron chi connectivity index (χ3n) is 2.80. The van der Waals surface area contributed by atoms with Gasteiger partial charge in [-0.05, 0) is 38.1 Å². The molecule has 1 rings (SSSR count). The first-order valence-corrected chi connectivity index (χ1v) is 5.60. The van der Waals surface area contributed by atoms with Crippen LogP contribution in [0.25, 0.3) is 0 Å². The molecule has 0 saturated heterocycles. The first-order valence-electron chi connectivity index (χ1n) is 5.60. The Bertz CT molecular complexity index is 108. The van der Waals surface area contributed by atoms with Gasteiger partial charge in [-0.2, -0.15) is 0 Å². The van der Waals surface area contributed by atoms with E-state index in [2.05, 4.69) is 19.2 Å². The van der Waals surface area contributed by atoms with Gasteiger partial charge in [0, 0.05) is 6.04 Å². The highest BCUT2D eigenvalue weighted by Gasteiger charge is 2.21. The third-order valence-corrected chi connectivity index (χ3v) is 2.80. The van der Waals surface area contributed by atoms with Gasteiger partial charge < -0.3 is 5.32 Å². The van der Waals surface area contributed by atoms with E-state index in [1.165, 1.54) is 45.1 Å². The number of hydrogen-bond acceptors (Lipinski definition) is 1. The number of rotatable bonds is 7. The number of hydrogen-bond donors (Lipinski definition) is 1. The van der Waals surface area contributed by atoms with Gasteiger partial charge in [-0.1, -0.05) is 26.7 Å². The van der Waals surface area contributed by atoms with Crippen molar-refractivity contribution < 1.29 is 0 Å². The molecule has 0 aromatic carbocycles. The summed E-state index contributed by atoms with van der Waals surface area (Å²) in [5.74, 6) is 1.10. The summed E-state index contributed by atoms with van der Waals surface area (Å²) >= 11 is 0. The molecule has 0 spiro atoms. The standard InChI is InChI=1S/C11H23N/c1-3-9-12-11(4-2)8-7-10-5-6-10/h10-12H,3-9H2,1-2H3. The molecule has 72 valence electrons. The molecule has 1 N–H and O–H groups in total. The summed E-state index contributed by atoms with van der Waals surface area (Å²) in [5.41, 5.74) is 0. The quantitative estimate of drug-likeness (QED) is 0.618. The molecule has 0 aromatic heterocycles. The van der Waals surface area contributed by atoms with Crippen LogP contribution in [0.5, 0.6) is 0 Å². The molecule has 0 aliphatic heterocycles. The van der Waals surface area contributed by atoms with Crippen molar-refractivity contribution in [3.05, 3.63) is 0 Å². The van der Waals surface area contributed by atoms with Crippen molar-refractivity contribution in [2.75, 3.05) is 6.54 Å². The zero-order chi connectivity index (χ0) is 8.81. The topological polar surface area (TPSA) is 12.0 Å². The Morgan fingerprint density at radius 3 is 2.58 bits per heavy atom. The Hall–Kier alpha value is -0.0400. The first-order chi connectivity index (χ1) is 5.86. The average Bonchev–Trinajstić information content (AvgIpc) is 2.89. The molecular formula is C11H23N. The average molecular weight is 169 g/mol. The molecule has 1 nitrogen and oxygen atoms in total. The molecular weight excluding hydrogens is 146 g/mol. The Labute approximate surface area is 76.9 Å². The van der Waals surface area contributed by atoms with Crippen molar-refractivity contribution in [1.82, 2.24) is 5.32 Å². The second-order valence-electron chi connectivity index (χ2n) is 4.08. The van der Waals surface area contributed by atoms with Crippen molar-refractivity contribution in [3.63, 3.8) is 0 Å². The fourth-order valence-electron chi connectivity index (χ4n) is 1.64. The summed E-state index contributed by atoms with van der Waals surface area (Å²) in [6, 6.07) is 0.797. The minimum Gasteiger partial charge on any atom is -0.314 e. The lowest BCUT2D eigenvalue weighted by Crippen LogP contribution is -2.29. The van der Waals surface area contributed by atoms with Crippen LogP contribution in [0.4, 0.5) is 0 Å². The molecule has 0 heterocycles. The van der Waals surface area contributed by atoms with Crippen LogP contribution in [-0.4, -0.2) is 12.6 Å². The van der Waals surface area contributed by atoms with Crippen LogP contribution >= 0.6 is 0 Å². The number of nitrogens with one attached hydrogen (secondary N) is 1. The zero-order valence-corrected chi connectivity index (χ0v) is 8.60. The van der Waals surface area contributed by atoms with Gasteiger partial charge in [0.25, 0.3) is 0 Å². The minimum absolute atomic E-state index is 0.797. The van der Waals surface area contributed by atoms with Gasteiger partial charge in [0.2, 0.25) is 0 Å². The van der Waals surface area contributed by atoms with E-state index < -0.39 is 0 Å². The van der Waals surface area contributed by atoms with Crippen LogP contribution in [0.3, 0.4) is 0 Å². The summed E-state index contributed by atoms with van der Waals surface area (Å²) in [7, 11) is 0. The maximum absolute atomic E-state index is 3.60. The van der Waals surface area contributed by atoms with E-state index in [9.17, 15) is 0 Å². The molecule has 1 heteroatoms. The van der Waals surface area contributed by atoms with Gasteiger partial charge in [0.15, 0.2) is 0 Å². The highest BCUT2D eigenvalue weighted by atomic mass is 14.9. The SMILES string of the molecule is CCCNC(CC)CCC1CC1. The summed E-state index contributed by atoms with van der Waals surface area (Å²) in [6.07, 6.45) is 8.44. The highest BCUT2D eigenvalue weighted by Crippen LogP contribution is 2.34. The second-order valence-corrected chi connectivity index (χ2v) is 4.08. The van der Waals surface area contributed by atoms with Crippen molar-refractivity contribution in [3.8, 4) is 0 Å². The lowest BCUT2D eigenvalue weighted by atomic mass is 10.1. The molecule has 1 aliphatic carbocycles. The Morgan fingerprint density at radius 2 is 2.08 bits per heavy atom. The van der Waals surface area contributed by atoms with Crippen LogP contribution in [0.2, 0.25) is 0 Å². The van der Waals surface area contributed by atoms with E-state index in [4.69, 9.17) is 0 Å². The fraction of sp³-hybridized carbons (Fsp3) is 1.00. The van der Waals surface area contributed by atoms with E-state index in [1.54, 1.807) is 0 Å². The second kappa shape index (κ2) is 5.58. The van der Waals surface area contributed by atoms with Crippen LogP contribution in [0.1, 0.15) is 52.4 Å². The zero-order valence-electron chi connectivity index (χ0n) is 8.60. The van der Waals surface area contributed by atoms with E-state index in [1.807, 2.05) is 0 Å². The van der Waals surface area contributed by atoms with Crippen molar-refractivity contribution in [2.24, 2.45) is 5.92 Å². The molecule has 12 heavy (non-hydrogen) atoms. The predicted molar refractivity (Wildman–Crippen MR) is 54.3 cm³/mol. The van der Waals surface area contributed by atoms with E-state index >= 15 is 0 Å². The molecule has 1 aliphatic rings. The van der Waals surface area contributed by atoms with Crippen LogP contribution < -0.4 is 5.32 Å². The molecule has 1 unspecified atom stereocenters.